The minimum atomic E-state index is -0.217. The van der Waals surface area contributed by atoms with Crippen LogP contribution in [0.25, 0.3) is 5.69 Å². The van der Waals surface area contributed by atoms with Crippen LogP contribution in [0.1, 0.15) is 29.6 Å². The Bertz CT molecular complexity index is 790. The number of nitrogens with one attached hydrogen (secondary N) is 1. The molecule has 2 amide bonds. The van der Waals surface area contributed by atoms with Crippen LogP contribution in [-0.4, -0.2) is 52.7 Å². The Morgan fingerprint density at radius 1 is 1.30 bits per heavy atom. The first kappa shape index (κ1) is 19.4. The lowest BCUT2D eigenvalue weighted by Crippen LogP contribution is -2.42. The number of likely N-dealkylation sites (tertiary alicyclic amines) is 1. The van der Waals surface area contributed by atoms with Gasteiger partial charge in [0.05, 0.1) is 23.4 Å². The van der Waals surface area contributed by atoms with Crippen molar-refractivity contribution in [2.24, 2.45) is 11.7 Å². The molecule has 0 radical (unpaired) electrons. The molecule has 1 atom stereocenters. The number of rotatable bonds is 7. The number of hydrogen-bond donors (Lipinski definition) is 2. The second-order valence-electron chi connectivity index (χ2n) is 6.80. The highest BCUT2D eigenvalue weighted by atomic mass is 35.5. The van der Waals surface area contributed by atoms with Gasteiger partial charge in [-0.25, -0.2) is 4.68 Å². The summed E-state index contributed by atoms with van der Waals surface area (Å²) in [7, 11) is 0. The van der Waals surface area contributed by atoms with E-state index in [0.29, 0.717) is 17.1 Å². The maximum atomic E-state index is 12.3. The van der Waals surface area contributed by atoms with Gasteiger partial charge in [0.15, 0.2) is 0 Å². The van der Waals surface area contributed by atoms with E-state index in [1.54, 1.807) is 29.2 Å². The number of halogens is 1. The van der Waals surface area contributed by atoms with Crippen molar-refractivity contribution in [3.63, 3.8) is 0 Å². The number of carbonyl (C=O) groups is 2. The van der Waals surface area contributed by atoms with Gasteiger partial charge < -0.3 is 16.0 Å². The summed E-state index contributed by atoms with van der Waals surface area (Å²) in [6.45, 7) is 3.11. The van der Waals surface area contributed by atoms with Gasteiger partial charge in [-0.2, -0.15) is 5.10 Å². The molecule has 1 aliphatic heterocycles. The van der Waals surface area contributed by atoms with Crippen LogP contribution in [0.5, 0.6) is 0 Å². The lowest BCUT2D eigenvalue weighted by molar-refractivity contribution is -0.123. The number of nitrogens with two attached hydrogens (primary N) is 1. The van der Waals surface area contributed by atoms with E-state index in [9.17, 15) is 9.59 Å². The van der Waals surface area contributed by atoms with Gasteiger partial charge in [-0.15, -0.1) is 0 Å². The fourth-order valence-electron chi connectivity index (χ4n) is 3.27. The van der Waals surface area contributed by atoms with Gasteiger partial charge in [-0.3, -0.25) is 9.59 Å². The molecule has 144 valence electrons. The Kier molecular flexibility index (Phi) is 6.47. The van der Waals surface area contributed by atoms with E-state index in [-0.39, 0.29) is 17.7 Å². The summed E-state index contributed by atoms with van der Waals surface area (Å²) in [6.07, 6.45) is 5.93. The van der Waals surface area contributed by atoms with Gasteiger partial charge in [0.1, 0.15) is 0 Å². The average Bonchev–Trinajstić information content (AvgIpc) is 3.16. The molecular formula is C19H24ClN5O2. The molecule has 3 rings (SSSR count). The number of piperidine rings is 1. The lowest BCUT2D eigenvalue weighted by atomic mass is 9.97. The van der Waals surface area contributed by atoms with Crippen LogP contribution in [0, 0.1) is 5.92 Å². The zero-order chi connectivity index (χ0) is 19.2. The van der Waals surface area contributed by atoms with E-state index in [4.69, 9.17) is 17.3 Å². The zero-order valence-corrected chi connectivity index (χ0v) is 15.9. The Morgan fingerprint density at radius 3 is 2.81 bits per heavy atom. The minimum Gasteiger partial charge on any atom is -0.369 e. The number of benzene rings is 1. The molecular weight excluding hydrogens is 366 g/mol. The molecule has 0 bridgehead atoms. The number of hydrogen-bond acceptors (Lipinski definition) is 4. The summed E-state index contributed by atoms with van der Waals surface area (Å²) in [5.74, 6) is -0.415. The maximum Gasteiger partial charge on any atom is 0.254 e. The van der Waals surface area contributed by atoms with Crippen molar-refractivity contribution in [1.82, 2.24) is 20.0 Å². The van der Waals surface area contributed by atoms with Crippen molar-refractivity contribution in [3.05, 3.63) is 47.2 Å². The van der Waals surface area contributed by atoms with Crippen molar-refractivity contribution in [2.45, 2.75) is 19.3 Å². The van der Waals surface area contributed by atoms with Crippen LogP contribution in [0.3, 0.4) is 0 Å². The third-order valence-electron chi connectivity index (χ3n) is 4.78. The average molecular weight is 390 g/mol. The van der Waals surface area contributed by atoms with Gasteiger partial charge in [0, 0.05) is 24.3 Å². The van der Waals surface area contributed by atoms with Crippen molar-refractivity contribution in [1.29, 1.82) is 0 Å². The van der Waals surface area contributed by atoms with E-state index in [0.717, 1.165) is 44.6 Å². The zero-order valence-electron chi connectivity index (χ0n) is 15.1. The van der Waals surface area contributed by atoms with Crippen LogP contribution >= 0.6 is 11.6 Å². The van der Waals surface area contributed by atoms with Gasteiger partial charge in [0.25, 0.3) is 5.91 Å². The molecule has 3 N–H and O–H groups in total. The maximum absolute atomic E-state index is 12.3. The fraction of sp³-hybridized carbons (Fsp3) is 0.421. The van der Waals surface area contributed by atoms with Crippen LogP contribution in [0.15, 0.2) is 36.7 Å². The van der Waals surface area contributed by atoms with Crippen molar-refractivity contribution in [2.75, 3.05) is 26.2 Å². The Morgan fingerprint density at radius 2 is 2.07 bits per heavy atom. The van der Waals surface area contributed by atoms with E-state index in [1.807, 2.05) is 12.1 Å². The number of primary amides is 1. The topological polar surface area (TPSA) is 93.2 Å². The summed E-state index contributed by atoms with van der Waals surface area (Å²) >= 11 is 5.89. The second kappa shape index (κ2) is 9.01. The molecule has 1 fully saturated rings. The van der Waals surface area contributed by atoms with Crippen LogP contribution in [0.4, 0.5) is 0 Å². The monoisotopic (exact) mass is 389 g/mol. The van der Waals surface area contributed by atoms with Crippen molar-refractivity contribution >= 4 is 23.4 Å². The molecule has 1 unspecified atom stereocenters. The van der Waals surface area contributed by atoms with E-state index >= 15 is 0 Å². The van der Waals surface area contributed by atoms with E-state index in [2.05, 4.69) is 15.3 Å². The Labute approximate surface area is 163 Å². The normalized spacial score (nSPS) is 17.6. The predicted octanol–water partition coefficient (Wildman–Crippen LogP) is 1.84. The highest BCUT2D eigenvalue weighted by Gasteiger charge is 2.23. The molecule has 1 aromatic heterocycles. The molecule has 7 nitrogen and oxygen atoms in total. The summed E-state index contributed by atoms with van der Waals surface area (Å²) in [5.41, 5.74) is 6.75. The first-order valence-electron chi connectivity index (χ1n) is 9.13. The van der Waals surface area contributed by atoms with E-state index in [1.165, 1.54) is 0 Å². The first-order chi connectivity index (χ1) is 13.0. The third kappa shape index (κ3) is 5.30. The molecule has 27 heavy (non-hydrogen) atoms. The lowest BCUT2D eigenvalue weighted by Gasteiger charge is -2.31. The second-order valence-corrected chi connectivity index (χ2v) is 7.24. The standard InChI is InChI=1S/C19H24ClN5O2/c20-16-4-6-17(7-5-16)25-13-15(11-23-25)19(27)22-8-2-10-24-9-1-3-14(12-24)18(21)26/h4-7,11,13-14H,1-3,8-10,12H2,(H2,21,26)(H,22,27). The van der Waals surface area contributed by atoms with Gasteiger partial charge in [0.2, 0.25) is 5.91 Å². The van der Waals surface area contributed by atoms with Crippen LogP contribution < -0.4 is 11.1 Å². The molecule has 1 saturated heterocycles. The number of nitrogens with zero attached hydrogens (tertiary/aromatic N) is 3. The van der Waals surface area contributed by atoms with Crippen molar-refractivity contribution < 1.29 is 9.59 Å². The number of aromatic nitrogens is 2. The van der Waals surface area contributed by atoms with Crippen LogP contribution in [0.2, 0.25) is 5.02 Å². The first-order valence-corrected chi connectivity index (χ1v) is 9.51. The van der Waals surface area contributed by atoms with Crippen LogP contribution in [-0.2, 0) is 4.79 Å². The SMILES string of the molecule is NC(=O)C1CCCN(CCCNC(=O)c2cnn(-c3ccc(Cl)cc3)c2)C1. The minimum absolute atomic E-state index is 0.0490. The molecule has 2 aromatic rings. The molecule has 1 aromatic carbocycles. The third-order valence-corrected chi connectivity index (χ3v) is 5.03. The molecule has 0 aliphatic carbocycles. The molecule has 0 spiro atoms. The summed E-state index contributed by atoms with van der Waals surface area (Å²) in [4.78, 5) is 25.8. The Balaban J connectivity index is 1.43. The number of carbonyl (C=O) groups excluding carboxylic acids is 2. The van der Waals surface area contributed by atoms with Gasteiger partial charge in [-0.1, -0.05) is 11.6 Å². The van der Waals surface area contributed by atoms with Gasteiger partial charge in [-0.05, 0) is 56.6 Å². The number of amides is 2. The summed E-state index contributed by atoms with van der Waals surface area (Å²) < 4.78 is 1.64. The molecule has 8 heteroatoms. The largest absolute Gasteiger partial charge is 0.369 e. The van der Waals surface area contributed by atoms with Crippen molar-refractivity contribution in [3.8, 4) is 5.69 Å². The smallest absolute Gasteiger partial charge is 0.254 e. The highest BCUT2D eigenvalue weighted by molar-refractivity contribution is 6.30. The summed E-state index contributed by atoms with van der Waals surface area (Å²) in [6, 6.07) is 7.24. The Hall–Kier alpha value is -2.38. The predicted molar refractivity (Wildman–Crippen MR) is 104 cm³/mol. The fourth-order valence-corrected chi connectivity index (χ4v) is 3.40. The summed E-state index contributed by atoms with van der Waals surface area (Å²) in [5, 5.41) is 7.79. The highest BCUT2D eigenvalue weighted by Crippen LogP contribution is 2.16. The molecule has 0 saturated carbocycles. The molecule has 2 heterocycles. The van der Waals surface area contributed by atoms with Gasteiger partial charge >= 0.3 is 0 Å². The quantitative estimate of drug-likeness (QED) is 0.706. The van der Waals surface area contributed by atoms with E-state index < -0.39 is 0 Å². The molecule has 1 aliphatic rings.